The minimum absolute atomic E-state index is 0.380. The number of aromatic nitrogens is 1. The van der Waals surface area contributed by atoms with Crippen molar-refractivity contribution in [1.82, 2.24) is 8.87 Å². The number of ether oxygens (including phenoxy) is 1. The first-order valence-electron chi connectivity index (χ1n) is 9.71. The maximum Gasteiger partial charge on any atom is 0.244 e. The Bertz CT molecular complexity index is 1120. The molecule has 0 fully saturated rings. The van der Waals surface area contributed by atoms with Gasteiger partial charge in [0.1, 0.15) is 5.75 Å². The molecule has 0 radical (unpaired) electrons. The van der Waals surface area contributed by atoms with Gasteiger partial charge in [-0.05, 0) is 61.7 Å². The number of hydrogen-bond donors (Lipinski definition) is 0. The fraction of sp³-hybridized carbons (Fsp3) is 0.304. The van der Waals surface area contributed by atoms with E-state index in [1.165, 1.54) is 0 Å². The van der Waals surface area contributed by atoms with E-state index in [0.717, 1.165) is 33.7 Å². The Balaban J connectivity index is 1.87. The zero-order valence-electron chi connectivity index (χ0n) is 17.2. The smallest absolute Gasteiger partial charge is 0.244 e. The van der Waals surface area contributed by atoms with Gasteiger partial charge in [-0.2, -0.15) is 4.31 Å². The normalized spacial score (nSPS) is 17.2. The van der Waals surface area contributed by atoms with Crippen molar-refractivity contribution in [2.75, 3.05) is 13.7 Å². The Morgan fingerprint density at radius 2 is 1.62 bits per heavy atom. The summed E-state index contributed by atoms with van der Waals surface area (Å²) in [5, 5.41) is 0. The summed E-state index contributed by atoms with van der Waals surface area (Å²) in [6.07, 6.45) is 2.01. The molecule has 1 aromatic heterocycles. The Morgan fingerprint density at radius 1 is 0.966 bits per heavy atom. The second kappa shape index (κ2) is 7.35. The summed E-state index contributed by atoms with van der Waals surface area (Å²) in [6, 6.07) is 15.1. The predicted octanol–water partition coefficient (Wildman–Crippen LogP) is 4.22. The summed E-state index contributed by atoms with van der Waals surface area (Å²) < 4.78 is 36.8. The van der Waals surface area contributed by atoms with E-state index in [1.54, 1.807) is 11.4 Å². The van der Waals surface area contributed by atoms with Gasteiger partial charge in [0.25, 0.3) is 0 Å². The van der Waals surface area contributed by atoms with Gasteiger partial charge >= 0.3 is 0 Å². The number of methoxy groups -OCH3 is 1. The van der Waals surface area contributed by atoms with Gasteiger partial charge in [0.2, 0.25) is 10.0 Å². The fourth-order valence-corrected chi connectivity index (χ4v) is 6.43. The minimum atomic E-state index is -3.68. The van der Waals surface area contributed by atoms with Crippen LogP contribution in [0.4, 0.5) is 0 Å². The second-order valence-corrected chi connectivity index (χ2v) is 9.47. The van der Waals surface area contributed by atoms with Gasteiger partial charge in [-0.3, -0.25) is 0 Å². The molecule has 2 heterocycles. The molecule has 0 aliphatic carbocycles. The lowest BCUT2D eigenvalue weighted by Gasteiger charge is -2.37. The topological polar surface area (TPSA) is 51.5 Å². The number of nitrogens with zero attached hydrogens (tertiary/aromatic N) is 2. The van der Waals surface area contributed by atoms with Gasteiger partial charge in [-0.15, -0.1) is 0 Å². The summed E-state index contributed by atoms with van der Waals surface area (Å²) >= 11 is 0. The Morgan fingerprint density at radius 3 is 2.24 bits per heavy atom. The van der Waals surface area contributed by atoms with Crippen LogP contribution in [0, 0.1) is 20.8 Å². The van der Waals surface area contributed by atoms with Crippen LogP contribution in [0.5, 0.6) is 5.75 Å². The van der Waals surface area contributed by atoms with Crippen LogP contribution >= 0.6 is 0 Å². The van der Waals surface area contributed by atoms with Crippen LogP contribution in [0.3, 0.4) is 0 Å². The standard InChI is InChI=1S/C23H26N2O3S/c1-16-14-17(2)23(18(3)15-16)29(26,27)25-13-12-24-11-5-6-21(24)22(25)19-7-9-20(28-4)10-8-19/h5-11,14-15,22H,12-13H2,1-4H3. The summed E-state index contributed by atoms with van der Waals surface area (Å²) in [5.74, 6) is 0.750. The van der Waals surface area contributed by atoms with Gasteiger partial charge < -0.3 is 9.30 Å². The van der Waals surface area contributed by atoms with Crippen molar-refractivity contribution >= 4 is 10.0 Å². The molecule has 1 unspecified atom stereocenters. The van der Waals surface area contributed by atoms with Crippen LogP contribution in [-0.2, 0) is 16.6 Å². The first-order chi connectivity index (χ1) is 13.8. The molecule has 152 valence electrons. The lowest BCUT2D eigenvalue weighted by Crippen LogP contribution is -2.42. The van der Waals surface area contributed by atoms with E-state index in [9.17, 15) is 8.42 Å². The van der Waals surface area contributed by atoms with Crippen molar-refractivity contribution in [3.05, 3.63) is 82.7 Å². The molecule has 5 nitrogen and oxygen atoms in total. The average Bonchev–Trinajstić information content (AvgIpc) is 3.15. The van der Waals surface area contributed by atoms with Crippen molar-refractivity contribution in [2.24, 2.45) is 0 Å². The van der Waals surface area contributed by atoms with Crippen molar-refractivity contribution in [3.63, 3.8) is 0 Å². The fourth-order valence-electron chi connectivity index (χ4n) is 4.44. The van der Waals surface area contributed by atoms with E-state index in [-0.39, 0.29) is 6.04 Å². The van der Waals surface area contributed by atoms with Crippen molar-refractivity contribution in [3.8, 4) is 5.75 Å². The molecule has 0 spiro atoms. The maximum atomic E-state index is 13.9. The second-order valence-electron chi connectivity index (χ2n) is 7.65. The maximum absolute atomic E-state index is 13.9. The highest BCUT2D eigenvalue weighted by Gasteiger charge is 2.38. The largest absolute Gasteiger partial charge is 0.497 e. The first kappa shape index (κ1) is 19.7. The van der Waals surface area contributed by atoms with Crippen LogP contribution in [0.2, 0.25) is 0 Å². The number of sulfonamides is 1. The third-order valence-electron chi connectivity index (χ3n) is 5.60. The SMILES string of the molecule is COc1ccc(C2c3cccn3CCN2S(=O)(=O)c2c(C)cc(C)cc2C)cc1. The van der Waals surface area contributed by atoms with Gasteiger partial charge in [0, 0.05) is 25.0 Å². The van der Waals surface area contributed by atoms with Crippen LogP contribution in [0.15, 0.2) is 59.6 Å². The van der Waals surface area contributed by atoms with Crippen LogP contribution in [-0.4, -0.2) is 30.9 Å². The summed E-state index contributed by atoms with van der Waals surface area (Å²) in [6.45, 7) is 6.81. The lowest BCUT2D eigenvalue weighted by atomic mass is 10.0. The molecule has 1 atom stereocenters. The molecule has 1 aliphatic heterocycles. The zero-order chi connectivity index (χ0) is 20.8. The van der Waals surface area contributed by atoms with Crippen LogP contribution < -0.4 is 4.74 Å². The van der Waals surface area contributed by atoms with Crippen molar-refractivity contribution < 1.29 is 13.2 Å². The highest BCUT2D eigenvalue weighted by molar-refractivity contribution is 7.89. The lowest BCUT2D eigenvalue weighted by molar-refractivity contribution is 0.298. The van der Waals surface area contributed by atoms with E-state index < -0.39 is 10.0 Å². The molecule has 1 aliphatic rings. The molecule has 0 saturated heterocycles. The summed E-state index contributed by atoms with van der Waals surface area (Å²) in [5.41, 5.74) is 4.55. The van der Waals surface area contributed by atoms with Gasteiger partial charge in [0.05, 0.1) is 18.0 Å². The van der Waals surface area contributed by atoms with Gasteiger partial charge in [-0.25, -0.2) is 8.42 Å². The average molecular weight is 411 g/mol. The van der Waals surface area contributed by atoms with E-state index in [0.29, 0.717) is 18.0 Å². The molecule has 29 heavy (non-hydrogen) atoms. The molecule has 6 heteroatoms. The van der Waals surface area contributed by atoms with Crippen molar-refractivity contribution in [1.29, 1.82) is 0 Å². The van der Waals surface area contributed by atoms with Gasteiger partial charge in [0.15, 0.2) is 0 Å². The minimum Gasteiger partial charge on any atom is -0.497 e. The molecule has 2 aromatic carbocycles. The van der Waals surface area contributed by atoms with Crippen molar-refractivity contribution in [2.45, 2.75) is 38.3 Å². The highest BCUT2D eigenvalue weighted by Crippen LogP contribution is 2.38. The number of rotatable bonds is 4. The predicted molar refractivity (Wildman–Crippen MR) is 114 cm³/mol. The number of hydrogen-bond acceptors (Lipinski definition) is 3. The zero-order valence-corrected chi connectivity index (χ0v) is 18.0. The first-order valence-corrected chi connectivity index (χ1v) is 11.2. The molecule has 0 bridgehead atoms. The third-order valence-corrected chi connectivity index (χ3v) is 7.77. The number of benzene rings is 2. The van der Waals surface area contributed by atoms with Gasteiger partial charge in [-0.1, -0.05) is 29.8 Å². The third kappa shape index (κ3) is 3.36. The number of aryl methyl sites for hydroxylation is 3. The molecule has 3 aromatic rings. The quantitative estimate of drug-likeness (QED) is 0.647. The molecule has 0 amide bonds. The Labute approximate surface area is 172 Å². The summed E-state index contributed by atoms with van der Waals surface area (Å²) in [4.78, 5) is 0.418. The monoisotopic (exact) mass is 410 g/mol. The van der Waals surface area contributed by atoms with Crippen LogP contribution in [0.25, 0.3) is 0 Å². The summed E-state index contributed by atoms with van der Waals surface area (Å²) in [7, 11) is -2.06. The van der Waals surface area contributed by atoms with E-state index in [2.05, 4.69) is 4.57 Å². The highest BCUT2D eigenvalue weighted by atomic mass is 32.2. The van der Waals surface area contributed by atoms with E-state index in [1.807, 2.05) is 75.5 Å². The Hall–Kier alpha value is -2.57. The Kier molecular flexibility index (Phi) is 5.00. The number of fused-ring (bicyclic) bond motifs is 1. The molecular weight excluding hydrogens is 384 g/mol. The molecule has 0 N–H and O–H groups in total. The van der Waals surface area contributed by atoms with E-state index in [4.69, 9.17) is 4.74 Å². The van der Waals surface area contributed by atoms with Crippen LogP contribution in [0.1, 0.15) is 34.0 Å². The van der Waals surface area contributed by atoms with E-state index >= 15 is 0 Å². The molecular formula is C23H26N2O3S. The molecule has 0 saturated carbocycles. The molecule has 4 rings (SSSR count).